The molecule has 0 heterocycles. The third-order valence-electron chi connectivity index (χ3n) is 1.91. The summed E-state index contributed by atoms with van der Waals surface area (Å²) in [6, 6.07) is 7.04. The summed E-state index contributed by atoms with van der Waals surface area (Å²) in [7, 11) is 0. The van der Waals surface area contributed by atoms with E-state index in [4.69, 9.17) is 10.4 Å². The summed E-state index contributed by atoms with van der Waals surface area (Å²) < 4.78 is 0. The lowest BCUT2D eigenvalue weighted by Crippen LogP contribution is -2.00. The fourth-order valence-electron chi connectivity index (χ4n) is 1.28. The van der Waals surface area contributed by atoms with Crippen LogP contribution in [0.3, 0.4) is 0 Å². The van der Waals surface area contributed by atoms with E-state index in [-0.39, 0.29) is 13.2 Å². The largest absolute Gasteiger partial charge is 0.396 e. The normalized spacial score (nSPS) is 9.62. The van der Waals surface area contributed by atoms with Crippen molar-refractivity contribution >= 4 is 0 Å². The smallest absolute Gasteiger partial charge is 0.108 e. The Morgan fingerprint density at radius 2 is 2.23 bits per heavy atom. The van der Waals surface area contributed by atoms with E-state index in [1.165, 1.54) is 0 Å². The van der Waals surface area contributed by atoms with E-state index in [1.807, 2.05) is 6.07 Å². The van der Waals surface area contributed by atoms with E-state index >= 15 is 0 Å². The van der Waals surface area contributed by atoms with Gasteiger partial charge in [0.1, 0.15) is 6.61 Å². The molecule has 0 aliphatic rings. The van der Waals surface area contributed by atoms with E-state index in [0.717, 1.165) is 0 Å². The van der Waals surface area contributed by atoms with Gasteiger partial charge in [-0.15, -0.1) is 0 Å². The number of benzene rings is 1. The van der Waals surface area contributed by atoms with Gasteiger partial charge in [-0.2, -0.15) is 5.26 Å². The van der Waals surface area contributed by atoms with Crippen LogP contribution < -0.4 is 0 Å². The number of aliphatic hydroxyl groups is 1. The van der Waals surface area contributed by atoms with E-state index in [1.54, 1.807) is 18.2 Å². The molecule has 0 unspecified atom stereocenters. The molecule has 0 aliphatic carbocycles. The molecule has 0 spiro atoms. The Bertz CT molecular complexity index is 328. The summed E-state index contributed by atoms with van der Waals surface area (Å²) >= 11 is 0. The van der Waals surface area contributed by atoms with Crippen molar-refractivity contribution < 1.29 is 10.2 Å². The molecule has 3 nitrogen and oxygen atoms in total. The van der Waals surface area contributed by atoms with Crippen LogP contribution in [0.1, 0.15) is 16.7 Å². The van der Waals surface area contributed by atoms with Gasteiger partial charge in [-0.1, -0.05) is 12.1 Å². The molecule has 0 aromatic heterocycles. The minimum atomic E-state index is -0.342. The Morgan fingerprint density at radius 1 is 1.46 bits per heavy atom. The molecule has 3 heteroatoms. The second kappa shape index (κ2) is 4.61. The number of rotatable bonds is 3. The van der Waals surface area contributed by atoms with Crippen LogP contribution in [0.25, 0.3) is 0 Å². The second-order valence-corrected chi connectivity index (χ2v) is 2.67. The van der Waals surface area contributed by atoms with Gasteiger partial charge < -0.3 is 5.11 Å². The number of hydrogen-bond donors (Lipinski definition) is 1. The molecule has 0 saturated heterocycles. The highest BCUT2D eigenvalue weighted by atomic mass is 16.3. The summed E-state index contributed by atoms with van der Waals surface area (Å²) in [5.74, 6) is 0. The van der Waals surface area contributed by atoms with Gasteiger partial charge >= 0.3 is 0 Å². The predicted molar refractivity (Wildman–Crippen MR) is 46.3 cm³/mol. The van der Waals surface area contributed by atoms with Crippen LogP contribution in [0.15, 0.2) is 18.2 Å². The minimum absolute atomic E-state index is 0.0360. The zero-order valence-corrected chi connectivity index (χ0v) is 7.16. The van der Waals surface area contributed by atoms with Crippen molar-refractivity contribution in [2.24, 2.45) is 0 Å². The molecule has 0 bridgehead atoms. The molecule has 0 aliphatic heterocycles. The van der Waals surface area contributed by atoms with Crippen molar-refractivity contribution in [3.8, 4) is 6.07 Å². The summed E-state index contributed by atoms with van der Waals surface area (Å²) in [6.45, 7) is -0.378. The van der Waals surface area contributed by atoms with Crippen molar-refractivity contribution in [3.63, 3.8) is 0 Å². The standard InChI is InChI=1S/C10H10NO2/c11-6-8-2-1-3-9(7-13)10(8)4-5-12/h1-3,12H,4-5,7H2. The molecule has 0 saturated carbocycles. The van der Waals surface area contributed by atoms with E-state index in [0.29, 0.717) is 23.1 Å². The highest BCUT2D eigenvalue weighted by Gasteiger charge is 2.06. The molecule has 1 radical (unpaired) electrons. The predicted octanol–water partition coefficient (Wildman–Crippen LogP) is 1.02. The summed E-state index contributed by atoms with van der Waals surface area (Å²) in [4.78, 5) is 0. The maximum absolute atomic E-state index is 10.7. The lowest BCUT2D eigenvalue weighted by molar-refractivity contribution is 0.176. The Hall–Kier alpha value is -1.37. The lowest BCUT2D eigenvalue weighted by Gasteiger charge is -2.06. The quantitative estimate of drug-likeness (QED) is 0.747. The molecule has 67 valence electrons. The first-order valence-electron chi connectivity index (χ1n) is 4.03. The van der Waals surface area contributed by atoms with Gasteiger partial charge in [-0.05, 0) is 23.6 Å². The Morgan fingerprint density at radius 3 is 2.77 bits per heavy atom. The monoisotopic (exact) mass is 176 g/mol. The fourth-order valence-corrected chi connectivity index (χ4v) is 1.28. The van der Waals surface area contributed by atoms with Crippen molar-refractivity contribution in [2.45, 2.75) is 13.0 Å². The Labute approximate surface area is 76.9 Å². The topological polar surface area (TPSA) is 63.9 Å². The third kappa shape index (κ3) is 2.05. The minimum Gasteiger partial charge on any atom is -0.396 e. The molecule has 0 amide bonds. The SMILES string of the molecule is N#Cc1cccc(C[O])c1CCO. The summed E-state index contributed by atoms with van der Waals surface area (Å²) in [5, 5.41) is 28.2. The average molecular weight is 176 g/mol. The van der Waals surface area contributed by atoms with Gasteiger partial charge in [0.25, 0.3) is 0 Å². The molecule has 0 fully saturated rings. The van der Waals surface area contributed by atoms with E-state index in [2.05, 4.69) is 0 Å². The van der Waals surface area contributed by atoms with Gasteiger partial charge in [0.05, 0.1) is 11.6 Å². The molecule has 1 rings (SSSR count). The van der Waals surface area contributed by atoms with Crippen LogP contribution in [-0.4, -0.2) is 11.7 Å². The van der Waals surface area contributed by atoms with E-state index in [9.17, 15) is 5.11 Å². The van der Waals surface area contributed by atoms with Gasteiger partial charge in [-0.3, -0.25) is 0 Å². The van der Waals surface area contributed by atoms with Crippen molar-refractivity contribution in [1.29, 1.82) is 5.26 Å². The molecular formula is C10H10NO2. The number of aliphatic hydroxyl groups excluding tert-OH is 1. The van der Waals surface area contributed by atoms with Crippen LogP contribution in [0.2, 0.25) is 0 Å². The highest BCUT2D eigenvalue weighted by Crippen LogP contribution is 2.14. The zero-order chi connectivity index (χ0) is 9.68. The molecule has 13 heavy (non-hydrogen) atoms. The van der Waals surface area contributed by atoms with Crippen LogP contribution >= 0.6 is 0 Å². The maximum atomic E-state index is 10.7. The molecule has 0 atom stereocenters. The maximum Gasteiger partial charge on any atom is 0.108 e. The highest BCUT2D eigenvalue weighted by molar-refractivity contribution is 5.42. The first kappa shape index (κ1) is 9.72. The van der Waals surface area contributed by atoms with Gasteiger partial charge in [0, 0.05) is 6.61 Å². The van der Waals surface area contributed by atoms with Gasteiger partial charge in [0.2, 0.25) is 0 Å². The van der Waals surface area contributed by atoms with E-state index < -0.39 is 0 Å². The van der Waals surface area contributed by atoms with Crippen LogP contribution in [-0.2, 0) is 18.1 Å². The van der Waals surface area contributed by atoms with Gasteiger partial charge in [-0.25, -0.2) is 5.11 Å². The van der Waals surface area contributed by atoms with Crippen LogP contribution in [0, 0.1) is 11.3 Å². The van der Waals surface area contributed by atoms with Crippen molar-refractivity contribution in [1.82, 2.24) is 0 Å². The molecule has 1 aromatic rings. The number of nitrogens with zero attached hydrogens (tertiary/aromatic N) is 1. The first-order valence-corrected chi connectivity index (χ1v) is 4.03. The molecule has 1 N–H and O–H groups in total. The van der Waals surface area contributed by atoms with Gasteiger partial charge in [0.15, 0.2) is 0 Å². The Balaban J connectivity index is 3.15. The zero-order valence-electron chi connectivity index (χ0n) is 7.16. The van der Waals surface area contributed by atoms with Crippen LogP contribution in [0.5, 0.6) is 0 Å². The third-order valence-corrected chi connectivity index (χ3v) is 1.91. The summed E-state index contributed by atoms with van der Waals surface area (Å²) in [6.07, 6.45) is 0.376. The number of nitriles is 1. The molecule has 1 aromatic carbocycles. The van der Waals surface area contributed by atoms with Crippen molar-refractivity contribution in [2.75, 3.05) is 6.61 Å². The van der Waals surface area contributed by atoms with Crippen molar-refractivity contribution in [3.05, 3.63) is 34.9 Å². The Kier molecular flexibility index (Phi) is 3.44. The van der Waals surface area contributed by atoms with Crippen LogP contribution in [0.4, 0.5) is 0 Å². The molecular weight excluding hydrogens is 166 g/mol. The lowest BCUT2D eigenvalue weighted by atomic mass is 10.00. The first-order chi connectivity index (χ1) is 6.33. The number of hydrogen-bond acceptors (Lipinski definition) is 2. The second-order valence-electron chi connectivity index (χ2n) is 2.67. The average Bonchev–Trinajstić information content (AvgIpc) is 2.18. The fraction of sp³-hybridized carbons (Fsp3) is 0.300. The summed E-state index contributed by atoms with van der Waals surface area (Å²) in [5.41, 5.74) is 1.78.